The van der Waals surface area contributed by atoms with Crippen LogP contribution >= 0.6 is 0 Å². The molecule has 0 unspecified atom stereocenters. The van der Waals surface area contributed by atoms with Crippen molar-refractivity contribution in [3.8, 4) is 0 Å². The smallest absolute Gasteiger partial charge is 0.408 e. The first-order chi connectivity index (χ1) is 25.9. The summed E-state index contributed by atoms with van der Waals surface area (Å²) in [6, 6.07) is 4.66. The molecule has 0 heterocycles. The minimum Gasteiger partial charge on any atom is -0.465 e. The van der Waals surface area contributed by atoms with Crippen LogP contribution < -0.4 is 43.8 Å². The van der Waals surface area contributed by atoms with Crippen molar-refractivity contribution in [3.05, 3.63) is 35.9 Å². The van der Waals surface area contributed by atoms with Gasteiger partial charge in [-0.1, -0.05) is 30.3 Å². The average Bonchev–Trinajstić information content (AvgIpc) is 3.11. The Hall–Kier alpha value is -5.09. The molecule has 2 bridgehead atoms. The molecule has 0 spiro atoms. The summed E-state index contributed by atoms with van der Waals surface area (Å²) in [5, 5.41) is 22.2. The Morgan fingerprint density at radius 3 is 1.95 bits per heavy atom. The molecule has 4 atom stereocenters. The Labute approximate surface area is 323 Å². The number of rotatable bonds is 21. The van der Waals surface area contributed by atoms with Crippen molar-refractivity contribution in [1.82, 2.24) is 26.6 Å². The number of nitrogens with two attached hydrogens (primary N) is 3. The van der Waals surface area contributed by atoms with Crippen LogP contribution in [0.1, 0.15) is 103 Å². The minimum atomic E-state index is -1.16. The van der Waals surface area contributed by atoms with Crippen LogP contribution in [-0.4, -0.2) is 89.7 Å². The summed E-state index contributed by atoms with van der Waals surface area (Å²) < 4.78 is 5.43. The fourth-order valence-corrected chi connectivity index (χ4v) is 7.34. The summed E-state index contributed by atoms with van der Waals surface area (Å²) in [7, 11) is 0. The molecule has 1 aromatic carbocycles. The van der Waals surface area contributed by atoms with Gasteiger partial charge in [0.25, 0.3) is 0 Å². The second kappa shape index (κ2) is 21.1. The molecular weight excluding hydrogens is 710 g/mol. The van der Waals surface area contributed by atoms with Gasteiger partial charge >= 0.3 is 12.2 Å². The number of ether oxygens (including phenoxy) is 1. The summed E-state index contributed by atoms with van der Waals surface area (Å²) in [6.07, 6.45) is 5.67. The molecule has 0 aliphatic heterocycles. The Balaban J connectivity index is 1.86. The normalized spacial score (nSPS) is 19.7. The average molecular weight is 772 g/mol. The molecule has 3 fully saturated rings. The number of carbonyl (C=O) groups excluding carboxylic acids is 5. The summed E-state index contributed by atoms with van der Waals surface area (Å²) in [6.45, 7) is 5.44. The van der Waals surface area contributed by atoms with Crippen molar-refractivity contribution in [1.29, 1.82) is 0 Å². The molecule has 1 aromatic rings. The fraction of sp³-hybridized carbons (Fsp3) is 0.658. The third kappa shape index (κ3) is 16.0. The number of aliphatic imine (C=N–C) groups is 1. The van der Waals surface area contributed by atoms with Gasteiger partial charge in [-0.05, 0) is 115 Å². The molecule has 0 aromatic heterocycles. The standard InChI is InChI=1S/C38H61N9O8/c1-37(2,3)55-36(54)47-28(22-25-10-5-4-6-11-25)32(50)45-27(13-9-21-42-34(40)41)31(49)46-29(23-38-17-14-24(15-18-38)16-19-38)33(51)44-26(30(39)48)12-7-8-20-43-35(52)53/h4-6,10-11,24,26-29,43H,7-9,12-23H2,1-3H3,(H2,39,48)(H,44,51)(H,45,50)(H,46,49)(H,47,54)(H,52,53)(H4,40,41,42)/t24?,26-,27-,28-,29-,38?/m0/s1. The summed E-state index contributed by atoms with van der Waals surface area (Å²) in [5.41, 5.74) is 16.4. The highest BCUT2D eigenvalue weighted by atomic mass is 16.6. The van der Waals surface area contributed by atoms with Crippen LogP contribution in [0.25, 0.3) is 0 Å². The number of carboxylic acid groups (broad SMARTS) is 1. The van der Waals surface area contributed by atoms with Gasteiger partial charge in [0, 0.05) is 19.5 Å². The summed E-state index contributed by atoms with van der Waals surface area (Å²) in [5.74, 6) is -2.09. The van der Waals surface area contributed by atoms with E-state index in [0.717, 1.165) is 44.1 Å². The number of carbonyl (C=O) groups is 6. The lowest BCUT2D eigenvalue weighted by Gasteiger charge is -2.48. The number of amides is 6. The lowest BCUT2D eigenvalue weighted by molar-refractivity contribution is -0.135. The number of guanidine groups is 1. The number of nitrogens with one attached hydrogen (secondary N) is 5. The van der Waals surface area contributed by atoms with Crippen LogP contribution in [-0.2, 0) is 30.3 Å². The lowest BCUT2D eigenvalue weighted by Crippen LogP contribution is -2.59. The van der Waals surface area contributed by atoms with E-state index in [9.17, 15) is 28.8 Å². The first-order valence-electron chi connectivity index (χ1n) is 19.2. The molecule has 0 saturated heterocycles. The van der Waals surface area contributed by atoms with Gasteiger partial charge in [0.15, 0.2) is 5.96 Å². The van der Waals surface area contributed by atoms with Crippen molar-refractivity contribution in [2.45, 2.75) is 134 Å². The van der Waals surface area contributed by atoms with Gasteiger partial charge in [-0.25, -0.2) is 9.59 Å². The van der Waals surface area contributed by atoms with E-state index in [1.807, 2.05) is 18.2 Å². The van der Waals surface area contributed by atoms with Gasteiger partial charge in [0.1, 0.15) is 29.8 Å². The van der Waals surface area contributed by atoms with E-state index in [0.29, 0.717) is 31.6 Å². The minimum absolute atomic E-state index is 0.0916. The number of alkyl carbamates (subject to hydrolysis) is 1. The number of hydrogen-bond acceptors (Lipinski definition) is 8. The maximum absolute atomic E-state index is 14.2. The van der Waals surface area contributed by atoms with Gasteiger partial charge in [0.2, 0.25) is 23.6 Å². The van der Waals surface area contributed by atoms with Gasteiger partial charge in [-0.2, -0.15) is 0 Å². The number of unbranched alkanes of at least 4 members (excludes halogenated alkanes) is 1. The third-order valence-corrected chi connectivity index (χ3v) is 10.2. The second-order valence-corrected chi connectivity index (χ2v) is 15.8. The van der Waals surface area contributed by atoms with Crippen LogP contribution in [0.5, 0.6) is 0 Å². The predicted octanol–water partition coefficient (Wildman–Crippen LogP) is 1.91. The molecule has 6 amide bonds. The van der Waals surface area contributed by atoms with Gasteiger partial charge in [0.05, 0.1) is 0 Å². The van der Waals surface area contributed by atoms with Crippen molar-refractivity contribution >= 4 is 41.8 Å². The summed E-state index contributed by atoms with van der Waals surface area (Å²) in [4.78, 5) is 82.3. The number of hydrogen-bond donors (Lipinski definition) is 9. The second-order valence-electron chi connectivity index (χ2n) is 15.8. The topological polar surface area (TPSA) is 282 Å². The molecule has 17 nitrogen and oxygen atoms in total. The van der Waals surface area contributed by atoms with E-state index in [4.69, 9.17) is 27.0 Å². The van der Waals surface area contributed by atoms with Crippen molar-refractivity contribution in [2.24, 2.45) is 33.5 Å². The van der Waals surface area contributed by atoms with Crippen molar-refractivity contribution < 1.29 is 38.6 Å². The van der Waals surface area contributed by atoms with Crippen LogP contribution in [0.4, 0.5) is 9.59 Å². The SMILES string of the molecule is CC(C)(C)OC(=O)N[C@@H](Cc1ccccc1)C(=O)N[C@@H](CCCN=C(N)N)C(=O)N[C@@H](CC12CCC(CC1)CC2)C(=O)N[C@@H](CCCCNC(=O)O)C(N)=O. The van der Waals surface area contributed by atoms with E-state index in [2.05, 4.69) is 31.6 Å². The van der Waals surface area contributed by atoms with Crippen molar-refractivity contribution in [3.63, 3.8) is 0 Å². The fourth-order valence-electron chi connectivity index (χ4n) is 7.34. The van der Waals surface area contributed by atoms with Gasteiger partial charge < -0.3 is 53.6 Å². The van der Waals surface area contributed by atoms with E-state index in [1.54, 1.807) is 32.9 Å². The summed E-state index contributed by atoms with van der Waals surface area (Å²) >= 11 is 0. The number of fused-ring (bicyclic) bond motifs is 3. The van der Waals surface area contributed by atoms with E-state index in [-0.39, 0.29) is 43.7 Å². The van der Waals surface area contributed by atoms with E-state index < -0.39 is 65.6 Å². The molecule has 12 N–H and O–H groups in total. The highest BCUT2D eigenvalue weighted by molar-refractivity contribution is 5.95. The molecule has 4 rings (SSSR count). The highest BCUT2D eigenvalue weighted by Gasteiger charge is 2.44. The zero-order valence-corrected chi connectivity index (χ0v) is 32.4. The zero-order chi connectivity index (χ0) is 40.6. The molecule has 55 heavy (non-hydrogen) atoms. The first kappa shape index (κ1) is 44.3. The Kier molecular flexibility index (Phi) is 17.0. The number of benzene rings is 1. The molecule has 0 radical (unpaired) electrons. The van der Waals surface area contributed by atoms with E-state index in [1.165, 1.54) is 0 Å². The number of primary amides is 1. The first-order valence-corrected chi connectivity index (χ1v) is 19.2. The van der Waals surface area contributed by atoms with Crippen molar-refractivity contribution in [2.75, 3.05) is 13.1 Å². The maximum atomic E-state index is 14.2. The van der Waals surface area contributed by atoms with Crippen LogP contribution in [0.2, 0.25) is 0 Å². The molecule has 17 heteroatoms. The Morgan fingerprint density at radius 1 is 0.800 bits per heavy atom. The van der Waals surface area contributed by atoms with Gasteiger partial charge in [-0.3, -0.25) is 24.2 Å². The van der Waals surface area contributed by atoms with Crippen LogP contribution in [0, 0.1) is 11.3 Å². The third-order valence-electron chi connectivity index (χ3n) is 10.2. The molecule has 3 aliphatic rings. The zero-order valence-electron chi connectivity index (χ0n) is 32.4. The molecule has 3 aliphatic carbocycles. The number of nitrogens with zero attached hydrogens (tertiary/aromatic N) is 1. The largest absolute Gasteiger partial charge is 0.465 e. The lowest BCUT2D eigenvalue weighted by atomic mass is 9.58. The predicted molar refractivity (Wildman–Crippen MR) is 206 cm³/mol. The highest BCUT2D eigenvalue weighted by Crippen LogP contribution is 2.52. The quantitative estimate of drug-likeness (QED) is 0.0497. The monoisotopic (exact) mass is 771 g/mol. The maximum Gasteiger partial charge on any atom is 0.408 e. The van der Waals surface area contributed by atoms with Crippen LogP contribution in [0.15, 0.2) is 35.3 Å². The van der Waals surface area contributed by atoms with E-state index >= 15 is 0 Å². The molecular formula is C38H61N9O8. The Bertz CT molecular complexity index is 1470. The Morgan fingerprint density at radius 2 is 1.36 bits per heavy atom. The van der Waals surface area contributed by atoms with Gasteiger partial charge in [-0.15, -0.1) is 0 Å². The molecule has 3 saturated carbocycles. The molecule has 306 valence electrons. The van der Waals surface area contributed by atoms with Crippen LogP contribution in [0.3, 0.4) is 0 Å².